The summed E-state index contributed by atoms with van der Waals surface area (Å²) in [6, 6.07) is 0. The Morgan fingerprint density at radius 1 is 1.12 bits per heavy atom. The van der Waals surface area contributed by atoms with Crippen molar-refractivity contribution in [3.63, 3.8) is 0 Å². The number of rotatable bonds is 7. The van der Waals surface area contributed by atoms with Gasteiger partial charge in [0.1, 0.15) is 0 Å². The second kappa shape index (κ2) is 7.18. The molecule has 0 saturated heterocycles. The molecule has 0 aliphatic carbocycles. The van der Waals surface area contributed by atoms with Gasteiger partial charge >= 0.3 is 6.18 Å². The van der Waals surface area contributed by atoms with E-state index in [1.807, 2.05) is 20.8 Å². The first-order valence-corrected chi connectivity index (χ1v) is 5.79. The standard InChI is InChI=1S/C11H23F3N2O/c1-10(2,3)15-5-4-6-16(7-8-17)9-11(12,13)14/h15,17H,4-9H2,1-3H3. The zero-order valence-electron chi connectivity index (χ0n) is 10.8. The van der Waals surface area contributed by atoms with Crippen LogP contribution < -0.4 is 5.32 Å². The van der Waals surface area contributed by atoms with Crippen molar-refractivity contribution in [2.45, 2.75) is 38.9 Å². The summed E-state index contributed by atoms with van der Waals surface area (Å²) < 4.78 is 36.6. The van der Waals surface area contributed by atoms with Crippen molar-refractivity contribution in [3.05, 3.63) is 0 Å². The van der Waals surface area contributed by atoms with E-state index < -0.39 is 12.7 Å². The van der Waals surface area contributed by atoms with Crippen LogP contribution in [-0.2, 0) is 0 Å². The molecule has 0 aliphatic rings. The fourth-order valence-corrected chi connectivity index (χ4v) is 1.43. The highest BCUT2D eigenvalue weighted by atomic mass is 19.4. The number of aliphatic hydroxyl groups excluding tert-OH is 1. The molecule has 0 aromatic rings. The number of halogens is 3. The molecule has 17 heavy (non-hydrogen) atoms. The van der Waals surface area contributed by atoms with Crippen molar-refractivity contribution in [3.8, 4) is 0 Å². The summed E-state index contributed by atoms with van der Waals surface area (Å²) in [4.78, 5) is 1.23. The van der Waals surface area contributed by atoms with Gasteiger partial charge in [0.05, 0.1) is 13.2 Å². The zero-order chi connectivity index (χ0) is 13.5. The minimum absolute atomic E-state index is 0.0220. The first-order chi connectivity index (χ1) is 7.64. The number of aliphatic hydroxyl groups is 1. The molecule has 3 nitrogen and oxygen atoms in total. The summed E-state index contributed by atoms with van der Waals surface area (Å²) in [6.45, 7) is 5.89. The third kappa shape index (κ3) is 11.9. The fraction of sp³-hybridized carbons (Fsp3) is 1.00. The average Bonchev–Trinajstić information content (AvgIpc) is 2.08. The molecule has 0 fully saturated rings. The molecule has 0 spiro atoms. The first kappa shape index (κ1) is 16.7. The Morgan fingerprint density at radius 3 is 2.12 bits per heavy atom. The third-order valence-corrected chi connectivity index (χ3v) is 2.13. The lowest BCUT2D eigenvalue weighted by molar-refractivity contribution is -0.146. The maximum absolute atomic E-state index is 12.2. The largest absolute Gasteiger partial charge is 0.401 e. The van der Waals surface area contributed by atoms with Crippen LogP contribution in [0.1, 0.15) is 27.2 Å². The first-order valence-electron chi connectivity index (χ1n) is 5.79. The Labute approximate surface area is 101 Å². The van der Waals surface area contributed by atoms with E-state index in [-0.39, 0.29) is 18.7 Å². The molecule has 0 amide bonds. The van der Waals surface area contributed by atoms with Gasteiger partial charge in [0.2, 0.25) is 0 Å². The Hall–Kier alpha value is -0.330. The summed E-state index contributed by atoms with van der Waals surface area (Å²) in [7, 11) is 0. The van der Waals surface area contributed by atoms with Crippen LogP contribution >= 0.6 is 0 Å². The highest BCUT2D eigenvalue weighted by molar-refractivity contribution is 4.71. The molecule has 0 aromatic heterocycles. The van der Waals surface area contributed by atoms with Crippen LogP contribution in [0.2, 0.25) is 0 Å². The van der Waals surface area contributed by atoms with E-state index in [1.54, 1.807) is 0 Å². The van der Waals surface area contributed by atoms with Crippen LogP contribution in [0, 0.1) is 0 Å². The Kier molecular flexibility index (Phi) is 7.04. The zero-order valence-corrected chi connectivity index (χ0v) is 10.8. The number of nitrogens with one attached hydrogen (secondary N) is 1. The number of nitrogens with zero attached hydrogens (tertiary/aromatic N) is 1. The molecule has 104 valence electrons. The van der Waals surface area contributed by atoms with Gasteiger partial charge in [0.25, 0.3) is 0 Å². The Bertz CT molecular complexity index is 202. The van der Waals surface area contributed by atoms with E-state index >= 15 is 0 Å². The summed E-state index contributed by atoms with van der Waals surface area (Å²) in [5.41, 5.74) is -0.0220. The van der Waals surface area contributed by atoms with Crippen molar-refractivity contribution in [2.75, 3.05) is 32.8 Å². The molecule has 0 unspecified atom stereocenters. The van der Waals surface area contributed by atoms with Crippen LogP contribution in [0.4, 0.5) is 13.2 Å². The monoisotopic (exact) mass is 256 g/mol. The van der Waals surface area contributed by atoms with E-state index in [2.05, 4.69) is 5.32 Å². The highest BCUT2D eigenvalue weighted by Gasteiger charge is 2.30. The normalized spacial score (nSPS) is 13.4. The molecule has 0 bridgehead atoms. The lowest BCUT2D eigenvalue weighted by Crippen LogP contribution is -2.40. The fourth-order valence-electron chi connectivity index (χ4n) is 1.43. The van der Waals surface area contributed by atoms with Gasteiger partial charge in [-0.3, -0.25) is 4.90 Å². The van der Waals surface area contributed by atoms with Gasteiger partial charge < -0.3 is 10.4 Å². The van der Waals surface area contributed by atoms with Gasteiger partial charge in [-0.25, -0.2) is 0 Å². The minimum Gasteiger partial charge on any atom is -0.395 e. The van der Waals surface area contributed by atoms with Crippen molar-refractivity contribution < 1.29 is 18.3 Å². The topological polar surface area (TPSA) is 35.5 Å². The second-order valence-corrected chi connectivity index (χ2v) is 5.15. The van der Waals surface area contributed by atoms with E-state index in [9.17, 15) is 13.2 Å². The maximum Gasteiger partial charge on any atom is 0.401 e. The molecule has 0 heterocycles. The predicted molar refractivity (Wildman–Crippen MR) is 62.0 cm³/mol. The third-order valence-electron chi connectivity index (χ3n) is 2.13. The van der Waals surface area contributed by atoms with Crippen molar-refractivity contribution in [1.82, 2.24) is 10.2 Å². The van der Waals surface area contributed by atoms with Crippen LogP contribution in [0.5, 0.6) is 0 Å². The van der Waals surface area contributed by atoms with Crippen molar-refractivity contribution >= 4 is 0 Å². The molecule has 2 N–H and O–H groups in total. The predicted octanol–water partition coefficient (Wildman–Crippen LogP) is 1.62. The van der Waals surface area contributed by atoms with Crippen LogP contribution in [0.15, 0.2) is 0 Å². The van der Waals surface area contributed by atoms with Gasteiger partial charge in [0, 0.05) is 12.1 Å². The molecule has 0 aliphatic heterocycles. The summed E-state index contributed by atoms with van der Waals surface area (Å²) in [5.74, 6) is 0. The molecule has 0 saturated carbocycles. The average molecular weight is 256 g/mol. The molecule has 0 radical (unpaired) electrons. The van der Waals surface area contributed by atoms with Crippen molar-refractivity contribution in [1.29, 1.82) is 0 Å². The van der Waals surface area contributed by atoms with E-state index in [0.29, 0.717) is 19.5 Å². The molecular formula is C11H23F3N2O. The lowest BCUT2D eigenvalue weighted by Gasteiger charge is -2.24. The summed E-state index contributed by atoms with van der Waals surface area (Å²) in [5, 5.41) is 11.9. The van der Waals surface area contributed by atoms with Crippen LogP contribution in [-0.4, -0.2) is 54.5 Å². The van der Waals surface area contributed by atoms with Gasteiger partial charge in [-0.15, -0.1) is 0 Å². The summed E-state index contributed by atoms with van der Waals surface area (Å²) in [6.07, 6.45) is -3.57. The van der Waals surface area contributed by atoms with E-state index in [1.165, 1.54) is 4.90 Å². The number of hydrogen-bond donors (Lipinski definition) is 2. The quantitative estimate of drug-likeness (QED) is 0.679. The van der Waals surface area contributed by atoms with Crippen LogP contribution in [0.25, 0.3) is 0 Å². The van der Waals surface area contributed by atoms with Crippen molar-refractivity contribution in [2.24, 2.45) is 0 Å². The lowest BCUT2D eigenvalue weighted by atomic mass is 10.1. The molecule has 0 rings (SSSR count). The molecule has 0 aromatic carbocycles. The smallest absolute Gasteiger partial charge is 0.395 e. The van der Waals surface area contributed by atoms with Gasteiger partial charge in [0.15, 0.2) is 0 Å². The molecule has 0 atom stereocenters. The minimum atomic E-state index is -4.20. The van der Waals surface area contributed by atoms with E-state index in [0.717, 1.165) is 0 Å². The second-order valence-electron chi connectivity index (χ2n) is 5.15. The van der Waals surface area contributed by atoms with Crippen LogP contribution in [0.3, 0.4) is 0 Å². The van der Waals surface area contributed by atoms with Gasteiger partial charge in [-0.1, -0.05) is 0 Å². The van der Waals surface area contributed by atoms with Gasteiger partial charge in [-0.2, -0.15) is 13.2 Å². The highest BCUT2D eigenvalue weighted by Crippen LogP contribution is 2.16. The number of hydrogen-bond acceptors (Lipinski definition) is 3. The van der Waals surface area contributed by atoms with Gasteiger partial charge in [-0.05, 0) is 40.3 Å². The maximum atomic E-state index is 12.2. The number of alkyl halides is 3. The molecular weight excluding hydrogens is 233 g/mol. The van der Waals surface area contributed by atoms with E-state index in [4.69, 9.17) is 5.11 Å². The Balaban J connectivity index is 3.85. The Morgan fingerprint density at radius 2 is 1.71 bits per heavy atom. The SMILES string of the molecule is CC(C)(C)NCCCN(CCO)CC(F)(F)F. The molecule has 6 heteroatoms. The summed E-state index contributed by atoms with van der Waals surface area (Å²) >= 11 is 0.